The highest BCUT2D eigenvalue weighted by atomic mass is 16.6. The summed E-state index contributed by atoms with van der Waals surface area (Å²) in [6.07, 6.45) is 5.08. The second kappa shape index (κ2) is 10.2. The van der Waals surface area contributed by atoms with Crippen LogP contribution in [0.3, 0.4) is 0 Å². The summed E-state index contributed by atoms with van der Waals surface area (Å²) in [5.41, 5.74) is 2.61. The van der Waals surface area contributed by atoms with E-state index in [0.29, 0.717) is 30.4 Å². The van der Waals surface area contributed by atoms with E-state index >= 15 is 0 Å². The van der Waals surface area contributed by atoms with Gasteiger partial charge in [0.25, 0.3) is 5.91 Å². The average Bonchev–Trinajstić information content (AvgIpc) is 3.08. The Kier molecular flexibility index (Phi) is 6.92. The molecule has 0 spiro atoms. The summed E-state index contributed by atoms with van der Waals surface area (Å²) in [4.78, 5) is 26.7. The molecule has 0 aliphatic carbocycles. The lowest BCUT2D eigenvalue weighted by atomic mass is 10.1. The number of carbonyl (C=O) groups is 2. The van der Waals surface area contributed by atoms with Gasteiger partial charge in [0.2, 0.25) is 0 Å². The van der Waals surface area contributed by atoms with Crippen molar-refractivity contribution in [2.45, 2.75) is 32.1 Å². The Balaban J connectivity index is 1.23. The number of hydrogen-bond donors (Lipinski definition) is 1. The zero-order chi connectivity index (χ0) is 21.5. The number of ether oxygens (including phenoxy) is 3. The van der Waals surface area contributed by atoms with Crippen LogP contribution in [0.15, 0.2) is 42.5 Å². The van der Waals surface area contributed by atoms with Crippen LogP contribution in [0, 0.1) is 0 Å². The third-order valence-electron chi connectivity index (χ3n) is 5.44. The van der Waals surface area contributed by atoms with Gasteiger partial charge in [-0.2, -0.15) is 0 Å². The largest absolute Gasteiger partial charge is 0.486 e. The van der Waals surface area contributed by atoms with Crippen LogP contribution in [-0.4, -0.2) is 44.8 Å². The van der Waals surface area contributed by atoms with Crippen molar-refractivity contribution in [3.8, 4) is 11.5 Å². The number of carbonyl (C=O) groups excluding carboxylic acids is 2. The van der Waals surface area contributed by atoms with Crippen LogP contribution in [0.4, 0.5) is 11.4 Å². The van der Waals surface area contributed by atoms with Crippen LogP contribution >= 0.6 is 0 Å². The number of fused-ring (bicyclic) bond motifs is 1. The van der Waals surface area contributed by atoms with E-state index in [1.54, 1.807) is 18.2 Å². The quantitative estimate of drug-likeness (QED) is 0.715. The molecule has 1 amide bonds. The first-order valence-corrected chi connectivity index (χ1v) is 10.9. The fraction of sp³-hybridized carbons (Fsp3) is 0.417. The number of amides is 1. The molecule has 7 heteroatoms. The molecular weight excluding hydrogens is 396 g/mol. The highest BCUT2D eigenvalue weighted by Gasteiger charge is 2.15. The number of nitrogens with zero attached hydrogens (tertiary/aromatic N) is 1. The summed E-state index contributed by atoms with van der Waals surface area (Å²) < 4.78 is 16.1. The molecule has 2 aliphatic heterocycles. The maximum absolute atomic E-state index is 12.2. The molecule has 1 saturated heterocycles. The molecule has 2 heterocycles. The van der Waals surface area contributed by atoms with Crippen molar-refractivity contribution in [3.63, 3.8) is 0 Å². The van der Waals surface area contributed by atoms with Gasteiger partial charge in [0.15, 0.2) is 18.1 Å². The lowest BCUT2D eigenvalue weighted by molar-refractivity contribution is -0.146. The van der Waals surface area contributed by atoms with Gasteiger partial charge in [0.05, 0.1) is 6.42 Å². The zero-order valence-corrected chi connectivity index (χ0v) is 17.6. The van der Waals surface area contributed by atoms with Gasteiger partial charge in [-0.25, -0.2) is 0 Å². The normalized spacial score (nSPS) is 15.7. The Morgan fingerprint density at radius 1 is 0.903 bits per heavy atom. The van der Waals surface area contributed by atoms with E-state index < -0.39 is 5.97 Å². The third kappa shape index (κ3) is 5.90. The number of anilines is 2. The molecule has 0 saturated carbocycles. The summed E-state index contributed by atoms with van der Waals surface area (Å²) in [6.45, 7) is 2.83. The molecule has 7 nitrogen and oxygen atoms in total. The van der Waals surface area contributed by atoms with Crippen molar-refractivity contribution in [2.24, 2.45) is 0 Å². The van der Waals surface area contributed by atoms with Gasteiger partial charge in [-0.3, -0.25) is 9.59 Å². The summed E-state index contributed by atoms with van der Waals surface area (Å²) in [5.74, 6) is 0.462. The number of hydrogen-bond acceptors (Lipinski definition) is 6. The van der Waals surface area contributed by atoms with E-state index in [4.69, 9.17) is 14.2 Å². The summed E-state index contributed by atoms with van der Waals surface area (Å²) in [5, 5.41) is 2.77. The molecule has 0 radical (unpaired) electrons. The standard InChI is InChI=1S/C24H28N2O5/c27-23(25-19-6-8-20(9-7-19)26-11-3-1-2-4-12-26)17-31-24(28)16-18-5-10-21-22(15-18)30-14-13-29-21/h5-10,15H,1-4,11-14,16-17H2,(H,25,27). The Bertz CT molecular complexity index is 905. The second-order valence-electron chi connectivity index (χ2n) is 7.81. The maximum atomic E-state index is 12.2. The van der Waals surface area contributed by atoms with Crippen LogP contribution in [0.5, 0.6) is 11.5 Å². The van der Waals surface area contributed by atoms with Crippen molar-refractivity contribution in [1.82, 2.24) is 0 Å². The van der Waals surface area contributed by atoms with Gasteiger partial charge in [0, 0.05) is 24.5 Å². The number of rotatable bonds is 6. The van der Waals surface area contributed by atoms with Crippen LogP contribution in [0.2, 0.25) is 0 Å². The first-order chi connectivity index (χ1) is 15.2. The lowest BCUT2D eigenvalue weighted by Crippen LogP contribution is -2.24. The van der Waals surface area contributed by atoms with Gasteiger partial charge in [0.1, 0.15) is 13.2 Å². The van der Waals surface area contributed by atoms with E-state index in [2.05, 4.69) is 10.2 Å². The van der Waals surface area contributed by atoms with Gasteiger partial charge >= 0.3 is 5.97 Å². The molecule has 0 aromatic heterocycles. The Morgan fingerprint density at radius 2 is 1.61 bits per heavy atom. The van der Waals surface area contributed by atoms with E-state index in [1.165, 1.54) is 31.4 Å². The van der Waals surface area contributed by atoms with Crippen molar-refractivity contribution in [3.05, 3.63) is 48.0 Å². The molecule has 1 fully saturated rings. The Hall–Kier alpha value is -3.22. The number of benzene rings is 2. The van der Waals surface area contributed by atoms with E-state index in [0.717, 1.165) is 18.7 Å². The molecule has 1 N–H and O–H groups in total. The molecule has 0 atom stereocenters. The van der Waals surface area contributed by atoms with E-state index in [1.807, 2.05) is 24.3 Å². The van der Waals surface area contributed by atoms with Crippen LogP contribution in [-0.2, 0) is 20.7 Å². The molecule has 0 bridgehead atoms. The van der Waals surface area contributed by atoms with Crippen molar-refractivity contribution < 1.29 is 23.8 Å². The SMILES string of the molecule is O=C(COC(=O)Cc1ccc2c(c1)OCCO2)Nc1ccc(N2CCCCCC2)cc1. The average molecular weight is 424 g/mol. The molecule has 2 aliphatic rings. The van der Waals surface area contributed by atoms with E-state index in [-0.39, 0.29) is 18.9 Å². The summed E-state index contributed by atoms with van der Waals surface area (Å²) in [7, 11) is 0. The molecule has 31 heavy (non-hydrogen) atoms. The Morgan fingerprint density at radius 3 is 2.35 bits per heavy atom. The highest BCUT2D eigenvalue weighted by molar-refractivity contribution is 5.93. The molecule has 2 aromatic rings. The Labute approximate surface area is 182 Å². The topological polar surface area (TPSA) is 77.1 Å². The maximum Gasteiger partial charge on any atom is 0.310 e. The zero-order valence-electron chi connectivity index (χ0n) is 17.6. The van der Waals surface area contributed by atoms with Crippen molar-refractivity contribution >= 4 is 23.3 Å². The summed E-state index contributed by atoms with van der Waals surface area (Å²) >= 11 is 0. The van der Waals surface area contributed by atoms with Crippen LogP contribution in [0.25, 0.3) is 0 Å². The van der Waals surface area contributed by atoms with Gasteiger partial charge in [-0.15, -0.1) is 0 Å². The number of esters is 1. The first-order valence-electron chi connectivity index (χ1n) is 10.9. The predicted molar refractivity (Wildman–Crippen MR) is 118 cm³/mol. The molecule has 164 valence electrons. The lowest BCUT2D eigenvalue weighted by Gasteiger charge is -2.22. The van der Waals surface area contributed by atoms with Gasteiger partial charge < -0.3 is 24.4 Å². The first kappa shape index (κ1) is 21.0. The molecule has 2 aromatic carbocycles. The van der Waals surface area contributed by atoms with Crippen LogP contribution < -0.4 is 19.7 Å². The third-order valence-corrected chi connectivity index (χ3v) is 5.44. The van der Waals surface area contributed by atoms with E-state index in [9.17, 15) is 9.59 Å². The van der Waals surface area contributed by atoms with Crippen molar-refractivity contribution in [1.29, 1.82) is 0 Å². The minimum Gasteiger partial charge on any atom is -0.486 e. The van der Waals surface area contributed by atoms with Gasteiger partial charge in [-0.05, 0) is 54.8 Å². The molecule has 0 unspecified atom stereocenters. The second-order valence-corrected chi connectivity index (χ2v) is 7.81. The number of nitrogens with one attached hydrogen (secondary N) is 1. The fourth-order valence-corrected chi connectivity index (χ4v) is 3.84. The smallest absolute Gasteiger partial charge is 0.310 e. The minimum absolute atomic E-state index is 0.0639. The minimum atomic E-state index is -0.469. The fourth-order valence-electron chi connectivity index (χ4n) is 3.84. The molecule has 4 rings (SSSR count). The van der Waals surface area contributed by atoms with Crippen molar-refractivity contribution in [2.75, 3.05) is 43.1 Å². The summed E-state index contributed by atoms with van der Waals surface area (Å²) in [6, 6.07) is 13.1. The van der Waals surface area contributed by atoms with Gasteiger partial charge in [-0.1, -0.05) is 18.9 Å². The predicted octanol–water partition coefficient (Wildman–Crippen LogP) is 3.56. The monoisotopic (exact) mass is 424 g/mol. The molecular formula is C24H28N2O5. The highest BCUT2D eigenvalue weighted by Crippen LogP contribution is 2.31. The van der Waals surface area contributed by atoms with Crippen LogP contribution in [0.1, 0.15) is 31.2 Å².